The van der Waals surface area contributed by atoms with Crippen molar-refractivity contribution in [3.8, 4) is 0 Å². The maximum absolute atomic E-state index is 10.0. The number of halogens is 1. The van der Waals surface area contributed by atoms with E-state index < -0.39 is 0 Å². The van der Waals surface area contributed by atoms with Crippen LogP contribution in [-0.2, 0) is 19.9 Å². The van der Waals surface area contributed by atoms with Gasteiger partial charge in [0.15, 0.2) is 0 Å². The first-order valence-corrected chi connectivity index (χ1v) is 6.33. The zero-order chi connectivity index (χ0) is 12.3. The molecule has 3 nitrogen and oxygen atoms in total. The molecule has 1 atom stereocenters. The largest absolute Gasteiger partial charge is 0.392 e. The summed E-state index contributed by atoms with van der Waals surface area (Å²) in [5, 5.41) is 14.1. The number of benzene rings is 1. The third-order valence-corrected chi connectivity index (χ3v) is 3.42. The Bertz CT molecular complexity index is 496. The smallest absolute Gasteiger partial charge is 0.0622 e. The SMILES string of the molecule is Cn1cc(CC(O)Cc2ccccc2Br)cn1. The van der Waals surface area contributed by atoms with Gasteiger partial charge in [0.05, 0.1) is 12.3 Å². The number of aliphatic hydroxyl groups is 1. The van der Waals surface area contributed by atoms with Crippen molar-refractivity contribution in [1.82, 2.24) is 9.78 Å². The van der Waals surface area contributed by atoms with Gasteiger partial charge in [0, 0.05) is 24.1 Å². The van der Waals surface area contributed by atoms with E-state index in [0.29, 0.717) is 12.8 Å². The third kappa shape index (κ3) is 3.41. The Labute approximate surface area is 109 Å². The lowest BCUT2D eigenvalue weighted by atomic mass is 10.0. The van der Waals surface area contributed by atoms with Crippen LogP contribution in [0.1, 0.15) is 11.1 Å². The van der Waals surface area contributed by atoms with Crippen LogP contribution in [-0.4, -0.2) is 21.0 Å². The van der Waals surface area contributed by atoms with E-state index in [1.54, 1.807) is 10.9 Å². The van der Waals surface area contributed by atoms with Crippen molar-refractivity contribution in [3.63, 3.8) is 0 Å². The summed E-state index contributed by atoms with van der Waals surface area (Å²) in [6, 6.07) is 7.97. The monoisotopic (exact) mass is 294 g/mol. The van der Waals surface area contributed by atoms with Crippen molar-refractivity contribution < 1.29 is 5.11 Å². The minimum Gasteiger partial charge on any atom is -0.392 e. The van der Waals surface area contributed by atoms with Crippen molar-refractivity contribution in [1.29, 1.82) is 0 Å². The maximum atomic E-state index is 10.0. The fourth-order valence-corrected chi connectivity index (χ4v) is 2.29. The molecule has 0 aliphatic rings. The quantitative estimate of drug-likeness (QED) is 0.940. The summed E-state index contributed by atoms with van der Waals surface area (Å²) in [5.74, 6) is 0. The summed E-state index contributed by atoms with van der Waals surface area (Å²) in [4.78, 5) is 0. The topological polar surface area (TPSA) is 38.0 Å². The Kier molecular flexibility index (Phi) is 3.97. The van der Waals surface area contributed by atoms with Gasteiger partial charge in [-0.3, -0.25) is 4.68 Å². The van der Waals surface area contributed by atoms with Crippen LogP contribution in [0.25, 0.3) is 0 Å². The highest BCUT2D eigenvalue weighted by Gasteiger charge is 2.09. The highest BCUT2D eigenvalue weighted by Crippen LogP contribution is 2.18. The van der Waals surface area contributed by atoms with E-state index in [-0.39, 0.29) is 6.10 Å². The molecule has 0 fully saturated rings. The number of nitrogens with zero attached hydrogens (tertiary/aromatic N) is 2. The molecule has 0 amide bonds. The van der Waals surface area contributed by atoms with Crippen LogP contribution in [0.4, 0.5) is 0 Å². The van der Waals surface area contributed by atoms with Crippen LogP contribution in [0.15, 0.2) is 41.1 Å². The number of hydrogen-bond donors (Lipinski definition) is 1. The Balaban J connectivity index is 1.98. The van der Waals surface area contributed by atoms with Gasteiger partial charge in [0.1, 0.15) is 0 Å². The van der Waals surface area contributed by atoms with Crippen LogP contribution in [0.2, 0.25) is 0 Å². The molecular weight excluding hydrogens is 280 g/mol. The van der Waals surface area contributed by atoms with Gasteiger partial charge in [0.25, 0.3) is 0 Å². The first-order valence-electron chi connectivity index (χ1n) is 5.54. The van der Waals surface area contributed by atoms with Gasteiger partial charge < -0.3 is 5.11 Å². The van der Waals surface area contributed by atoms with Crippen LogP contribution in [0.5, 0.6) is 0 Å². The van der Waals surface area contributed by atoms with E-state index in [1.807, 2.05) is 37.5 Å². The fraction of sp³-hybridized carbons (Fsp3) is 0.308. The highest BCUT2D eigenvalue weighted by atomic mass is 79.9. The zero-order valence-corrected chi connectivity index (χ0v) is 11.3. The first-order chi connectivity index (χ1) is 8.15. The molecule has 0 saturated heterocycles. The summed E-state index contributed by atoms with van der Waals surface area (Å²) in [6.07, 6.45) is 4.63. The molecule has 0 saturated carbocycles. The Morgan fingerprint density at radius 2 is 2.12 bits per heavy atom. The number of hydrogen-bond acceptors (Lipinski definition) is 2. The molecule has 1 aromatic carbocycles. The molecule has 1 unspecified atom stereocenters. The van der Waals surface area contributed by atoms with E-state index in [1.165, 1.54) is 0 Å². The molecule has 2 aromatic rings. The summed E-state index contributed by atoms with van der Waals surface area (Å²) in [7, 11) is 1.88. The Hall–Kier alpha value is -1.13. The Morgan fingerprint density at radius 1 is 1.35 bits per heavy atom. The van der Waals surface area contributed by atoms with Gasteiger partial charge in [-0.05, 0) is 23.6 Å². The first kappa shape index (κ1) is 12.3. The van der Waals surface area contributed by atoms with Crippen LogP contribution >= 0.6 is 15.9 Å². The highest BCUT2D eigenvalue weighted by molar-refractivity contribution is 9.10. The lowest BCUT2D eigenvalue weighted by Gasteiger charge is -2.10. The fourth-order valence-electron chi connectivity index (χ4n) is 1.84. The molecule has 1 aromatic heterocycles. The zero-order valence-electron chi connectivity index (χ0n) is 9.68. The van der Waals surface area contributed by atoms with Crippen molar-refractivity contribution in [2.45, 2.75) is 18.9 Å². The lowest BCUT2D eigenvalue weighted by molar-refractivity contribution is 0.175. The standard InChI is InChI=1S/C13H15BrN2O/c1-16-9-10(8-15-16)6-12(17)7-11-4-2-3-5-13(11)14/h2-5,8-9,12,17H,6-7H2,1H3. The molecule has 0 aliphatic heterocycles. The van der Waals surface area contributed by atoms with E-state index >= 15 is 0 Å². The van der Waals surface area contributed by atoms with E-state index in [0.717, 1.165) is 15.6 Å². The van der Waals surface area contributed by atoms with E-state index in [2.05, 4.69) is 21.0 Å². The number of rotatable bonds is 4. The van der Waals surface area contributed by atoms with E-state index in [9.17, 15) is 5.11 Å². The normalized spacial score (nSPS) is 12.6. The lowest BCUT2D eigenvalue weighted by Crippen LogP contribution is -2.13. The van der Waals surface area contributed by atoms with Crippen molar-refractivity contribution in [3.05, 3.63) is 52.3 Å². The van der Waals surface area contributed by atoms with Crippen molar-refractivity contribution >= 4 is 15.9 Å². The molecule has 0 aliphatic carbocycles. The van der Waals surface area contributed by atoms with Gasteiger partial charge in [-0.1, -0.05) is 34.1 Å². The summed E-state index contributed by atoms with van der Waals surface area (Å²) in [5.41, 5.74) is 2.19. The van der Waals surface area contributed by atoms with Gasteiger partial charge >= 0.3 is 0 Å². The molecule has 0 bridgehead atoms. The molecule has 0 radical (unpaired) electrons. The average molecular weight is 295 g/mol. The van der Waals surface area contributed by atoms with Crippen molar-refractivity contribution in [2.75, 3.05) is 0 Å². The van der Waals surface area contributed by atoms with E-state index in [4.69, 9.17) is 0 Å². The molecule has 1 N–H and O–H groups in total. The second kappa shape index (κ2) is 5.47. The molecule has 1 heterocycles. The number of aliphatic hydroxyl groups excluding tert-OH is 1. The number of aromatic nitrogens is 2. The minimum atomic E-state index is -0.377. The average Bonchev–Trinajstić information content (AvgIpc) is 2.67. The van der Waals surface area contributed by atoms with Crippen molar-refractivity contribution in [2.24, 2.45) is 7.05 Å². The predicted octanol–water partition coefficient (Wildman–Crippen LogP) is 2.33. The molecular formula is C13H15BrN2O. The third-order valence-electron chi connectivity index (χ3n) is 2.64. The van der Waals surface area contributed by atoms with Crippen LogP contribution < -0.4 is 0 Å². The van der Waals surface area contributed by atoms with Crippen LogP contribution in [0.3, 0.4) is 0 Å². The summed E-state index contributed by atoms with van der Waals surface area (Å²) in [6.45, 7) is 0. The second-order valence-corrected chi connectivity index (χ2v) is 5.03. The van der Waals surface area contributed by atoms with Gasteiger partial charge in [-0.15, -0.1) is 0 Å². The molecule has 4 heteroatoms. The molecule has 90 valence electrons. The summed E-state index contributed by atoms with van der Waals surface area (Å²) >= 11 is 3.49. The van der Waals surface area contributed by atoms with Crippen LogP contribution in [0, 0.1) is 0 Å². The predicted molar refractivity (Wildman–Crippen MR) is 70.8 cm³/mol. The number of aryl methyl sites for hydroxylation is 1. The molecule has 17 heavy (non-hydrogen) atoms. The molecule has 2 rings (SSSR count). The van der Waals surface area contributed by atoms with Gasteiger partial charge in [-0.2, -0.15) is 5.10 Å². The summed E-state index contributed by atoms with van der Waals surface area (Å²) < 4.78 is 2.80. The van der Waals surface area contributed by atoms with Gasteiger partial charge in [-0.25, -0.2) is 0 Å². The minimum absolute atomic E-state index is 0.377. The maximum Gasteiger partial charge on any atom is 0.0622 e. The Morgan fingerprint density at radius 3 is 2.76 bits per heavy atom. The molecule has 0 spiro atoms. The van der Waals surface area contributed by atoms with Gasteiger partial charge in [0.2, 0.25) is 0 Å². The second-order valence-electron chi connectivity index (χ2n) is 4.18.